The predicted octanol–water partition coefficient (Wildman–Crippen LogP) is 5.07. The summed E-state index contributed by atoms with van der Waals surface area (Å²) in [6.45, 7) is 8.17. The van der Waals surface area contributed by atoms with Crippen molar-refractivity contribution in [3.05, 3.63) is 45.3 Å². The van der Waals surface area contributed by atoms with E-state index in [4.69, 9.17) is 9.47 Å². The zero-order valence-electron chi connectivity index (χ0n) is 17.6. The SMILES string of the molecule is CCOC(=O)c1c(NC(=O)COc2cccc(C)c2C)sc2c1CC[C@@H](CC)C2. The first-order valence-corrected chi connectivity index (χ1v) is 11.1. The van der Waals surface area contributed by atoms with Crippen molar-refractivity contribution >= 4 is 28.2 Å². The Hall–Kier alpha value is -2.34. The topological polar surface area (TPSA) is 64.6 Å². The summed E-state index contributed by atoms with van der Waals surface area (Å²) in [6.07, 6.45) is 4.00. The molecule has 1 N–H and O–H groups in total. The van der Waals surface area contributed by atoms with Crippen LogP contribution in [0, 0.1) is 19.8 Å². The molecule has 1 atom stereocenters. The average Bonchev–Trinajstić information content (AvgIpc) is 3.06. The normalized spacial score (nSPS) is 15.5. The molecule has 0 bridgehead atoms. The number of rotatable bonds is 7. The molecule has 1 heterocycles. The molecule has 0 radical (unpaired) electrons. The van der Waals surface area contributed by atoms with Crippen LogP contribution < -0.4 is 10.1 Å². The van der Waals surface area contributed by atoms with Gasteiger partial charge in [0.1, 0.15) is 10.8 Å². The standard InChI is InChI=1S/C23H29NO4S/c1-5-16-10-11-17-19(12-16)29-22(21(17)23(26)27-6-2)24-20(25)13-28-18-9-7-8-14(3)15(18)4/h7-9,16H,5-6,10-13H2,1-4H3,(H,24,25)/t16-/m1/s1. The molecule has 0 aliphatic heterocycles. The van der Waals surface area contributed by atoms with E-state index in [2.05, 4.69) is 12.2 Å². The second-order valence-corrected chi connectivity index (χ2v) is 8.59. The molecule has 6 heteroatoms. The zero-order valence-corrected chi connectivity index (χ0v) is 18.4. The highest BCUT2D eigenvalue weighted by Crippen LogP contribution is 2.40. The third-order valence-electron chi connectivity index (χ3n) is 5.59. The van der Waals surface area contributed by atoms with Gasteiger partial charge in [-0.1, -0.05) is 25.5 Å². The predicted molar refractivity (Wildman–Crippen MR) is 116 cm³/mol. The van der Waals surface area contributed by atoms with Gasteiger partial charge < -0.3 is 14.8 Å². The molecule has 5 nitrogen and oxygen atoms in total. The maximum atomic E-state index is 12.6. The molecule has 1 aliphatic carbocycles. The number of hydrogen-bond donors (Lipinski definition) is 1. The highest BCUT2D eigenvalue weighted by atomic mass is 32.1. The minimum absolute atomic E-state index is 0.104. The lowest BCUT2D eigenvalue weighted by Crippen LogP contribution is -2.22. The number of benzene rings is 1. The van der Waals surface area contributed by atoms with Crippen LogP contribution in [0.5, 0.6) is 5.75 Å². The number of thiophene rings is 1. The Morgan fingerprint density at radius 2 is 2.03 bits per heavy atom. The molecule has 2 aromatic rings. The quantitative estimate of drug-likeness (QED) is 0.641. The third-order valence-corrected chi connectivity index (χ3v) is 6.76. The van der Waals surface area contributed by atoms with Crippen LogP contribution in [0.4, 0.5) is 5.00 Å². The maximum Gasteiger partial charge on any atom is 0.341 e. The van der Waals surface area contributed by atoms with E-state index in [0.717, 1.165) is 42.4 Å². The molecule has 0 unspecified atom stereocenters. The van der Waals surface area contributed by atoms with Gasteiger partial charge >= 0.3 is 5.97 Å². The molecule has 3 rings (SSSR count). The van der Waals surface area contributed by atoms with Gasteiger partial charge in [-0.15, -0.1) is 11.3 Å². The van der Waals surface area contributed by atoms with Crippen LogP contribution in [0.3, 0.4) is 0 Å². The van der Waals surface area contributed by atoms with Crippen LogP contribution in [-0.2, 0) is 22.4 Å². The van der Waals surface area contributed by atoms with Crippen LogP contribution in [0.25, 0.3) is 0 Å². The van der Waals surface area contributed by atoms with Crippen LogP contribution in [-0.4, -0.2) is 25.1 Å². The Morgan fingerprint density at radius 1 is 1.24 bits per heavy atom. The smallest absolute Gasteiger partial charge is 0.341 e. The molecule has 0 saturated carbocycles. The van der Waals surface area contributed by atoms with Crippen LogP contribution in [0.1, 0.15) is 58.6 Å². The van der Waals surface area contributed by atoms with Crippen molar-refractivity contribution in [1.82, 2.24) is 0 Å². The summed E-state index contributed by atoms with van der Waals surface area (Å²) in [5, 5.41) is 3.48. The van der Waals surface area contributed by atoms with Crippen LogP contribution in [0.2, 0.25) is 0 Å². The van der Waals surface area contributed by atoms with Gasteiger partial charge in [-0.25, -0.2) is 4.79 Å². The number of anilines is 1. The lowest BCUT2D eigenvalue weighted by atomic mass is 9.85. The molecular weight excluding hydrogens is 386 g/mol. The molecule has 0 spiro atoms. The van der Waals surface area contributed by atoms with Crippen molar-refractivity contribution in [1.29, 1.82) is 0 Å². The number of nitrogens with one attached hydrogen (secondary N) is 1. The van der Waals surface area contributed by atoms with E-state index in [9.17, 15) is 9.59 Å². The fourth-order valence-corrected chi connectivity index (χ4v) is 5.06. The second kappa shape index (κ2) is 9.44. The summed E-state index contributed by atoms with van der Waals surface area (Å²) in [6, 6.07) is 5.77. The minimum atomic E-state index is -0.356. The van der Waals surface area contributed by atoms with Crippen molar-refractivity contribution in [3.8, 4) is 5.75 Å². The summed E-state index contributed by atoms with van der Waals surface area (Å²) in [5.41, 5.74) is 3.71. The lowest BCUT2D eigenvalue weighted by molar-refractivity contribution is -0.118. The maximum absolute atomic E-state index is 12.6. The summed E-state index contributed by atoms with van der Waals surface area (Å²) in [7, 11) is 0. The van der Waals surface area contributed by atoms with Gasteiger partial charge in [-0.05, 0) is 68.7 Å². The van der Waals surface area contributed by atoms with Gasteiger partial charge in [0.25, 0.3) is 5.91 Å². The zero-order chi connectivity index (χ0) is 21.0. The van der Waals surface area contributed by atoms with Crippen molar-refractivity contribution < 1.29 is 19.1 Å². The highest BCUT2D eigenvalue weighted by Gasteiger charge is 2.29. The Kier molecular flexibility index (Phi) is 6.96. The molecular formula is C23H29NO4S. The van der Waals surface area contributed by atoms with E-state index in [1.54, 1.807) is 6.92 Å². The number of esters is 1. The Morgan fingerprint density at radius 3 is 2.76 bits per heavy atom. The number of hydrogen-bond acceptors (Lipinski definition) is 5. The Bertz CT molecular complexity index is 903. The van der Waals surface area contributed by atoms with E-state index >= 15 is 0 Å². The summed E-state index contributed by atoms with van der Waals surface area (Å²) in [5.74, 6) is 0.696. The highest BCUT2D eigenvalue weighted by molar-refractivity contribution is 7.17. The minimum Gasteiger partial charge on any atom is -0.483 e. The molecule has 1 aromatic heterocycles. The lowest BCUT2D eigenvalue weighted by Gasteiger charge is -2.20. The van der Waals surface area contributed by atoms with Gasteiger partial charge in [0.15, 0.2) is 6.61 Å². The summed E-state index contributed by atoms with van der Waals surface area (Å²) < 4.78 is 11.0. The number of ether oxygens (including phenoxy) is 2. The van der Waals surface area contributed by atoms with Crippen molar-refractivity contribution in [3.63, 3.8) is 0 Å². The molecule has 1 aliphatic rings. The van der Waals surface area contributed by atoms with Crippen molar-refractivity contribution in [2.45, 2.75) is 53.4 Å². The number of aryl methyl sites for hydroxylation is 1. The van der Waals surface area contributed by atoms with E-state index in [1.165, 1.54) is 16.2 Å². The summed E-state index contributed by atoms with van der Waals surface area (Å²) in [4.78, 5) is 26.4. The third kappa shape index (κ3) is 4.81. The fraction of sp³-hybridized carbons (Fsp3) is 0.478. The van der Waals surface area contributed by atoms with Crippen LogP contribution in [0.15, 0.2) is 18.2 Å². The molecule has 0 saturated heterocycles. The van der Waals surface area contributed by atoms with E-state index in [-0.39, 0.29) is 18.5 Å². The first-order chi connectivity index (χ1) is 13.9. The Balaban J connectivity index is 1.77. The second-order valence-electron chi connectivity index (χ2n) is 7.48. The van der Waals surface area contributed by atoms with Gasteiger partial charge in [-0.2, -0.15) is 0 Å². The van der Waals surface area contributed by atoms with Gasteiger partial charge in [0.2, 0.25) is 0 Å². The van der Waals surface area contributed by atoms with Crippen LogP contribution >= 0.6 is 11.3 Å². The first kappa shape index (κ1) is 21.4. The molecule has 156 valence electrons. The number of fused-ring (bicyclic) bond motifs is 1. The van der Waals surface area contributed by atoms with Crippen molar-refractivity contribution in [2.75, 3.05) is 18.5 Å². The monoisotopic (exact) mass is 415 g/mol. The van der Waals surface area contributed by atoms with E-state index in [0.29, 0.717) is 28.8 Å². The number of carbonyl (C=O) groups excluding carboxylic acids is 2. The number of carbonyl (C=O) groups is 2. The first-order valence-electron chi connectivity index (χ1n) is 10.2. The molecule has 1 amide bonds. The largest absolute Gasteiger partial charge is 0.483 e. The average molecular weight is 416 g/mol. The molecule has 29 heavy (non-hydrogen) atoms. The van der Waals surface area contributed by atoms with Gasteiger partial charge in [0.05, 0.1) is 12.2 Å². The van der Waals surface area contributed by atoms with Crippen molar-refractivity contribution in [2.24, 2.45) is 5.92 Å². The Labute approximate surface area is 176 Å². The van der Waals surface area contributed by atoms with Gasteiger partial charge in [0, 0.05) is 4.88 Å². The summed E-state index contributed by atoms with van der Waals surface area (Å²) >= 11 is 1.50. The van der Waals surface area contributed by atoms with E-state index < -0.39 is 0 Å². The molecule has 1 aromatic carbocycles. The molecule has 0 fully saturated rings. The van der Waals surface area contributed by atoms with E-state index in [1.807, 2.05) is 32.0 Å². The fourth-order valence-electron chi connectivity index (χ4n) is 3.70. The number of amides is 1. The van der Waals surface area contributed by atoms with Gasteiger partial charge in [-0.3, -0.25) is 4.79 Å².